The number of aryl methyl sites for hydroxylation is 3. The molecule has 3 aliphatic heterocycles. The molecule has 5 unspecified atom stereocenters. The van der Waals surface area contributed by atoms with Gasteiger partial charge in [0.15, 0.2) is 17.3 Å². The minimum atomic E-state index is -0.506. The first-order valence-electron chi connectivity index (χ1n) is 17.8. The zero-order chi connectivity index (χ0) is 36.0. The fourth-order valence-electron chi connectivity index (χ4n) is 8.88. The predicted octanol–water partition coefficient (Wildman–Crippen LogP) is 7.34. The van der Waals surface area contributed by atoms with Crippen molar-refractivity contribution in [3.05, 3.63) is 75.0 Å². The van der Waals surface area contributed by atoms with E-state index in [1.54, 1.807) is 31.4 Å². The number of benzene rings is 2. The maximum absolute atomic E-state index is 17.2. The quantitative estimate of drug-likeness (QED) is 0.177. The molecule has 13 heteroatoms. The van der Waals surface area contributed by atoms with Crippen molar-refractivity contribution in [1.82, 2.24) is 29.5 Å². The number of halogens is 3. The molecule has 2 bridgehead atoms. The van der Waals surface area contributed by atoms with Gasteiger partial charge in [0.05, 0.1) is 46.5 Å². The van der Waals surface area contributed by atoms with Crippen molar-refractivity contribution in [3.8, 4) is 29.0 Å². The molecule has 3 aromatic heterocycles. The van der Waals surface area contributed by atoms with Crippen LogP contribution in [0.4, 0.5) is 4.39 Å². The molecule has 2 aliphatic carbocycles. The first-order valence-corrected chi connectivity index (χ1v) is 18.5. The lowest BCUT2D eigenvalue weighted by atomic mass is 9.79. The Balaban J connectivity index is 1.26. The van der Waals surface area contributed by atoms with Gasteiger partial charge in [-0.2, -0.15) is 15.6 Å². The zero-order valence-corrected chi connectivity index (χ0v) is 30.2. The number of carbonyl (C=O) groups excluding carboxylic acids is 1. The van der Waals surface area contributed by atoms with E-state index in [1.807, 2.05) is 17.9 Å². The average Bonchev–Trinajstić information content (AvgIpc) is 3.51. The topological polar surface area (TPSA) is 125 Å². The van der Waals surface area contributed by atoms with Gasteiger partial charge in [-0.15, -0.1) is 0 Å². The molecule has 0 radical (unpaired) electrons. The number of hydrogen-bond acceptors (Lipinski definition) is 7. The zero-order valence-electron chi connectivity index (χ0n) is 28.7. The van der Waals surface area contributed by atoms with E-state index < -0.39 is 5.82 Å². The van der Waals surface area contributed by atoms with Crippen LogP contribution in [0.25, 0.3) is 32.9 Å². The van der Waals surface area contributed by atoms with E-state index in [0.717, 1.165) is 42.4 Å². The molecular weight excluding hydrogens is 702 g/mol. The Morgan fingerprint density at radius 1 is 1.17 bits per heavy atom. The minimum Gasteiger partial charge on any atom is -0.484 e. The van der Waals surface area contributed by atoms with Crippen molar-refractivity contribution in [2.24, 2.45) is 18.9 Å². The molecular formula is C39H35Cl2FN8O2. The standard InChI is InChI=1S/C39H35Cl2FN8O2/c1-19-25-14-30(29-13-23(18-49(29)39(51)20-8-9-20)52-32-17-46-48(2)31(32)15-44)50(37-22-12-28(37)45-16-22)38(25)26-11-21(5-4-10-43)33(35(42)36(26)47-19)24-6-3-7-27(40)34(24)41/h3,6-7,11,14,17,20,22-23,28-29,37,45H,4-5,8-9,12-13,16,18H2,1-2H3. The number of amides is 1. The SMILES string of the molecule is Cc1nc2c(F)c(-c3cccc(Cl)c3Cl)c(CCC#N)cc2c2c1cc(C1CC(Oc3cnn(C)c3C#N)CN1C(=O)C1CC1)n2C1C2CNC1C2. The maximum Gasteiger partial charge on any atom is 0.226 e. The highest BCUT2D eigenvalue weighted by atomic mass is 35.5. The second kappa shape index (κ2) is 12.5. The first kappa shape index (κ1) is 33.2. The van der Waals surface area contributed by atoms with Crippen LogP contribution in [-0.2, 0) is 18.3 Å². The Labute approximate surface area is 309 Å². The molecule has 3 saturated heterocycles. The molecule has 2 saturated carbocycles. The largest absolute Gasteiger partial charge is 0.484 e. The van der Waals surface area contributed by atoms with Crippen molar-refractivity contribution in [2.75, 3.05) is 13.1 Å². The van der Waals surface area contributed by atoms with E-state index in [1.165, 1.54) is 4.68 Å². The van der Waals surface area contributed by atoms with Crippen LogP contribution in [0.1, 0.15) is 66.8 Å². The summed E-state index contributed by atoms with van der Waals surface area (Å²) < 4.78 is 27.5. The molecule has 52 heavy (non-hydrogen) atoms. The Morgan fingerprint density at radius 2 is 2.00 bits per heavy atom. The summed E-state index contributed by atoms with van der Waals surface area (Å²) in [5.74, 6) is 0.379. The molecule has 5 aliphatic rings. The van der Waals surface area contributed by atoms with Crippen molar-refractivity contribution in [3.63, 3.8) is 0 Å². The lowest BCUT2D eigenvalue weighted by Crippen LogP contribution is -2.41. The van der Waals surface area contributed by atoms with E-state index in [4.69, 9.17) is 32.9 Å². The highest BCUT2D eigenvalue weighted by molar-refractivity contribution is 6.43. The lowest BCUT2D eigenvalue weighted by Gasteiger charge is -2.39. The van der Waals surface area contributed by atoms with Gasteiger partial charge in [-0.1, -0.05) is 35.3 Å². The van der Waals surface area contributed by atoms with Crippen LogP contribution in [0.15, 0.2) is 36.5 Å². The summed E-state index contributed by atoms with van der Waals surface area (Å²) in [6, 6.07) is 13.7. The third kappa shape index (κ3) is 5.08. The number of aromatic nitrogens is 4. The maximum atomic E-state index is 17.2. The lowest BCUT2D eigenvalue weighted by molar-refractivity contribution is -0.133. The summed E-state index contributed by atoms with van der Waals surface area (Å²) >= 11 is 13.1. The van der Waals surface area contributed by atoms with E-state index >= 15 is 4.39 Å². The van der Waals surface area contributed by atoms with Crippen molar-refractivity contribution in [2.45, 2.75) is 69.7 Å². The van der Waals surface area contributed by atoms with Crippen LogP contribution >= 0.6 is 23.2 Å². The summed E-state index contributed by atoms with van der Waals surface area (Å²) in [7, 11) is 1.70. The number of nitriles is 2. The van der Waals surface area contributed by atoms with E-state index in [2.05, 4.69) is 33.2 Å². The summed E-state index contributed by atoms with van der Waals surface area (Å²) in [5.41, 5.74) is 4.49. The fourth-order valence-corrected chi connectivity index (χ4v) is 9.28. The van der Waals surface area contributed by atoms with Gasteiger partial charge >= 0.3 is 0 Å². The number of pyridine rings is 1. The molecule has 1 amide bonds. The Morgan fingerprint density at radius 3 is 2.71 bits per heavy atom. The second-order valence-corrected chi connectivity index (χ2v) is 15.4. The van der Waals surface area contributed by atoms with Crippen molar-refractivity contribution in [1.29, 1.82) is 10.5 Å². The Hall–Kier alpha value is -4.68. The van der Waals surface area contributed by atoms with E-state index in [0.29, 0.717) is 69.5 Å². The summed E-state index contributed by atoms with van der Waals surface area (Å²) in [5, 5.41) is 29.4. The van der Waals surface area contributed by atoms with Crippen molar-refractivity contribution >= 4 is 50.9 Å². The number of likely N-dealkylation sites (tertiary alicyclic amines) is 1. The molecule has 2 aromatic carbocycles. The average molecular weight is 738 g/mol. The molecule has 10 rings (SSSR count). The molecule has 5 fully saturated rings. The van der Waals surface area contributed by atoms with Gasteiger partial charge in [0.25, 0.3) is 0 Å². The van der Waals surface area contributed by atoms with Gasteiger partial charge in [0, 0.05) is 71.7 Å². The number of carbonyl (C=O) groups is 1. The van der Waals surface area contributed by atoms with Gasteiger partial charge in [0.2, 0.25) is 5.91 Å². The van der Waals surface area contributed by atoms with Crippen LogP contribution in [0.2, 0.25) is 10.0 Å². The number of rotatable bonds is 8. The highest BCUT2D eigenvalue weighted by Crippen LogP contribution is 2.51. The number of nitrogens with one attached hydrogen (secondary N) is 1. The highest BCUT2D eigenvalue weighted by Gasteiger charge is 2.51. The van der Waals surface area contributed by atoms with Crippen LogP contribution in [0, 0.1) is 47.2 Å². The van der Waals surface area contributed by atoms with Crippen LogP contribution in [-0.4, -0.2) is 55.4 Å². The predicted molar refractivity (Wildman–Crippen MR) is 194 cm³/mol. The van der Waals surface area contributed by atoms with E-state index in [-0.39, 0.29) is 53.0 Å². The molecule has 0 spiro atoms. The molecule has 264 valence electrons. The monoisotopic (exact) mass is 736 g/mol. The summed E-state index contributed by atoms with van der Waals surface area (Å²) in [6.07, 6.45) is 4.99. The van der Waals surface area contributed by atoms with Gasteiger partial charge in [-0.05, 0) is 62.3 Å². The minimum absolute atomic E-state index is 0.00792. The van der Waals surface area contributed by atoms with Gasteiger partial charge < -0.3 is 19.5 Å². The van der Waals surface area contributed by atoms with Crippen LogP contribution in [0.5, 0.6) is 5.75 Å². The normalized spacial score (nSPS) is 23.6. The summed E-state index contributed by atoms with van der Waals surface area (Å²) in [6.45, 7) is 3.17. The Bertz CT molecular complexity index is 2390. The third-order valence-corrected chi connectivity index (χ3v) is 12.4. The molecule has 1 N–H and O–H groups in total. The number of hydrogen-bond donors (Lipinski definition) is 1. The molecule has 6 heterocycles. The summed E-state index contributed by atoms with van der Waals surface area (Å²) in [4.78, 5) is 20.9. The number of nitrogens with zero attached hydrogens (tertiary/aromatic N) is 7. The third-order valence-electron chi connectivity index (χ3n) is 11.6. The van der Waals surface area contributed by atoms with Crippen LogP contribution in [0.3, 0.4) is 0 Å². The fraction of sp³-hybridized carbons (Fsp3) is 0.410. The number of fused-ring (bicyclic) bond motifs is 4. The second-order valence-electron chi connectivity index (χ2n) is 14.6. The van der Waals surface area contributed by atoms with Gasteiger partial charge in [0.1, 0.15) is 17.7 Å². The smallest absolute Gasteiger partial charge is 0.226 e. The molecule has 10 nitrogen and oxygen atoms in total. The molecule has 5 atom stereocenters. The van der Waals surface area contributed by atoms with Gasteiger partial charge in [-0.25, -0.2) is 9.37 Å². The van der Waals surface area contributed by atoms with Crippen molar-refractivity contribution < 1.29 is 13.9 Å². The van der Waals surface area contributed by atoms with E-state index in [9.17, 15) is 15.3 Å². The van der Waals surface area contributed by atoms with Gasteiger partial charge in [-0.3, -0.25) is 9.48 Å². The Kier molecular flexibility index (Phi) is 7.96. The molecule has 5 aromatic rings. The van der Waals surface area contributed by atoms with Crippen LogP contribution < -0.4 is 10.1 Å². The first-order chi connectivity index (χ1) is 25.2. The number of ether oxygens (including phenoxy) is 1.